The van der Waals surface area contributed by atoms with Crippen LogP contribution in [-0.2, 0) is 14.3 Å². The Morgan fingerprint density at radius 3 is 1.74 bits per heavy atom. The van der Waals surface area contributed by atoms with Gasteiger partial charge >= 0.3 is 24.0 Å². The van der Waals surface area contributed by atoms with Gasteiger partial charge in [-0.2, -0.15) is 23.4 Å². The number of hydrogen-bond donors (Lipinski definition) is 2. The molecule has 0 aliphatic carbocycles. The van der Waals surface area contributed by atoms with Crippen molar-refractivity contribution in [3.63, 3.8) is 0 Å². The van der Waals surface area contributed by atoms with E-state index in [1.54, 1.807) is 42.6 Å². The number of nitrogens with one attached hydrogen (secondary N) is 1. The summed E-state index contributed by atoms with van der Waals surface area (Å²) in [4.78, 5) is 57.6. The van der Waals surface area contributed by atoms with Crippen LogP contribution in [-0.4, -0.2) is 69.4 Å². The van der Waals surface area contributed by atoms with Crippen molar-refractivity contribution in [3.8, 4) is 11.4 Å². The van der Waals surface area contributed by atoms with Gasteiger partial charge in [0.05, 0.1) is 35.7 Å². The van der Waals surface area contributed by atoms with Crippen LogP contribution in [0.25, 0.3) is 11.4 Å². The zero-order valence-electron chi connectivity index (χ0n) is 23.8. The average Bonchev–Trinajstić information content (AvgIpc) is 3.54. The molecule has 2 heterocycles. The number of benzene rings is 2. The van der Waals surface area contributed by atoms with Crippen molar-refractivity contribution in [1.29, 1.82) is 0 Å². The summed E-state index contributed by atoms with van der Waals surface area (Å²) in [7, 11) is 0. The van der Waals surface area contributed by atoms with Crippen LogP contribution in [0.3, 0.4) is 0 Å². The highest BCUT2D eigenvalue weighted by Crippen LogP contribution is 2.27. The van der Waals surface area contributed by atoms with Gasteiger partial charge in [-0.15, -0.1) is 0 Å². The highest BCUT2D eigenvalue weighted by molar-refractivity contribution is 9.10. The molecule has 0 bridgehead atoms. The molecule has 46 heavy (non-hydrogen) atoms. The molecule has 18 heteroatoms. The van der Waals surface area contributed by atoms with E-state index in [1.807, 2.05) is 6.07 Å². The normalized spacial score (nSPS) is 10.8. The molecule has 4 rings (SSSR count). The minimum atomic E-state index is -5.20. The van der Waals surface area contributed by atoms with Crippen molar-refractivity contribution in [1.82, 2.24) is 19.6 Å². The maximum absolute atomic E-state index is 12.6. The summed E-state index contributed by atoms with van der Waals surface area (Å²) in [6, 6.07) is 13.3. The monoisotopic (exact) mass is 770 g/mol. The Labute approximate surface area is 275 Å². The van der Waals surface area contributed by atoms with E-state index in [1.165, 1.54) is 23.7 Å². The SMILES string of the molecule is CCOC(=O)c1nn(-c2cccc(Br)c2)c(N)c1C=O.CCOC(=O)c1nn(-c2cccc(Br)c2)c(NC(=O)C(F)(F)F)c1C=O. The van der Waals surface area contributed by atoms with Crippen LogP contribution in [0.2, 0.25) is 0 Å². The fourth-order valence-electron chi connectivity index (χ4n) is 3.70. The summed E-state index contributed by atoms with van der Waals surface area (Å²) >= 11 is 6.53. The molecule has 0 aliphatic rings. The number of rotatable bonds is 9. The summed E-state index contributed by atoms with van der Waals surface area (Å²) in [6.07, 6.45) is -4.57. The molecule has 2 aromatic heterocycles. The number of anilines is 2. The van der Waals surface area contributed by atoms with Gasteiger partial charge in [-0.25, -0.2) is 19.0 Å². The predicted octanol–water partition coefficient (Wildman–Crippen LogP) is 5.33. The first-order valence-electron chi connectivity index (χ1n) is 12.9. The first-order chi connectivity index (χ1) is 21.8. The molecular weight excluding hydrogens is 749 g/mol. The molecule has 0 spiro atoms. The van der Waals surface area contributed by atoms with Crippen molar-refractivity contribution in [2.45, 2.75) is 20.0 Å². The Bertz CT molecular complexity index is 1790. The van der Waals surface area contributed by atoms with Gasteiger partial charge in [-0.1, -0.05) is 44.0 Å². The Balaban J connectivity index is 0.000000259. The van der Waals surface area contributed by atoms with Gasteiger partial charge in [0.25, 0.3) is 0 Å². The number of nitrogens with zero attached hydrogens (tertiary/aromatic N) is 4. The molecule has 0 saturated carbocycles. The van der Waals surface area contributed by atoms with Gasteiger partial charge in [0.1, 0.15) is 11.6 Å². The number of ether oxygens (including phenoxy) is 2. The topological polar surface area (TPSA) is 178 Å². The largest absolute Gasteiger partial charge is 0.471 e. The van der Waals surface area contributed by atoms with Gasteiger partial charge in [0.2, 0.25) is 0 Å². The van der Waals surface area contributed by atoms with Crippen molar-refractivity contribution in [2.75, 3.05) is 24.3 Å². The zero-order valence-corrected chi connectivity index (χ0v) is 27.0. The second kappa shape index (κ2) is 15.4. The van der Waals surface area contributed by atoms with E-state index in [4.69, 9.17) is 15.2 Å². The average molecular weight is 772 g/mol. The summed E-state index contributed by atoms with van der Waals surface area (Å²) < 4.78 is 51.1. The van der Waals surface area contributed by atoms with E-state index in [-0.39, 0.29) is 42.3 Å². The maximum atomic E-state index is 12.6. The molecule has 1 amide bonds. The van der Waals surface area contributed by atoms with Crippen molar-refractivity contribution in [3.05, 3.63) is 80.0 Å². The number of aldehydes is 2. The Hall–Kier alpha value is -4.84. The van der Waals surface area contributed by atoms with E-state index in [2.05, 4.69) is 42.1 Å². The quantitative estimate of drug-likeness (QED) is 0.167. The number of nitrogens with two attached hydrogens (primary N) is 1. The molecule has 13 nitrogen and oxygen atoms in total. The molecule has 0 atom stereocenters. The molecular formula is C28H23Br2F3N6O7. The number of hydrogen-bond acceptors (Lipinski definition) is 10. The molecule has 242 valence electrons. The lowest BCUT2D eigenvalue weighted by Crippen LogP contribution is -2.31. The van der Waals surface area contributed by atoms with Crippen molar-refractivity contribution in [2.24, 2.45) is 0 Å². The maximum Gasteiger partial charge on any atom is 0.471 e. The molecule has 2 aromatic carbocycles. The third-order valence-electron chi connectivity index (χ3n) is 5.65. The first kappa shape index (κ1) is 35.6. The Morgan fingerprint density at radius 1 is 0.848 bits per heavy atom. The third kappa shape index (κ3) is 8.25. The van der Waals surface area contributed by atoms with E-state index in [0.717, 1.165) is 9.15 Å². The number of halogens is 5. The molecule has 0 unspecified atom stereocenters. The lowest BCUT2D eigenvalue weighted by atomic mass is 10.2. The summed E-state index contributed by atoms with van der Waals surface area (Å²) in [5.41, 5.74) is 5.62. The zero-order chi connectivity index (χ0) is 34.2. The number of esters is 2. The lowest BCUT2D eigenvalue weighted by Gasteiger charge is -2.11. The second-order valence-electron chi connectivity index (χ2n) is 8.67. The minimum Gasteiger partial charge on any atom is -0.461 e. The molecule has 4 aromatic rings. The smallest absolute Gasteiger partial charge is 0.461 e. The number of aromatic nitrogens is 4. The van der Waals surface area contributed by atoms with Gasteiger partial charge in [-0.05, 0) is 50.2 Å². The highest BCUT2D eigenvalue weighted by atomic mass is 79.9. The van der Waals surface area contributed by atoms with Crippen molar-refractivity contribution >= 4 is 73.9 Å². The molecule has 3 N–H and O–H groups in total. The number of carbonyl (C=O) groups is 5. The fraction of sp³-hybridized carbons (Fsp3) is 0.179. The predicted molar refractivity (Wildman–Crippen MR) is 164 cm³/mol. The van der Waals surface area contributed by atoms with E-state index >= 15 is 0 Å². The Kier molecular flexibility index (Phi) is 12.0. The molecule has 0 saturated heterocycles. The van der Waals surface area contributed by atoms with Crippen LogP contribution in [0.1, 0.15) is 55.5 Å². The molecule has 0 aliphatic heterocycles. The first-order valence-corrected chi connectivity index (χ1v) is 14.5. The number of carbonyl (C=O) groups excluding carboxylic acids is 5. The minimum absolute atomic E-state index is 0.0309. The van der Waals surface area contributed by atoms with E-state index < -0.39 is 41.1 Å². The molecule has 0 fully saturated rings. The summed E-state index contributed by atoms with van der Waals surface area (Å²) in [6.45, 7) is 3.34. The highest BCUT2D eigenvalue weighted by Gasteiger charge is 2.40. The van der Waals surface area contributed by atoms with Gasteiger partial charge in [0.15, 0.2) is 24.0 Å². The van der Waals surface area contributed by atoms with Crippen LogP contribution in [0.4, 0.5) is 24.8 Å². The number of alkyl halides is 3. The number of amides is 1. The number of nitrogen functional groups attached to an aromatic ring is 1. The van der Waals surface area contributed by atoms with Crippen LogP contribution >= 0.6 is 31.9 Å². The standard InChI is InChI=1S/C15H11BrF3N3O4.C13H12BrN3O3/c1-2-26-13(24)11-10(7-23)12(20-14(25)15(17,18)19)22(21-11)9-5-3-4-8(16)6-9;1-2-20-13(19)11-10(7-18)12(15)17(16-11)9-5-3-4-8(14)6-9/h3-7H,2H2,1H3,(H,20,25);3-7H,2,15H2,1H3. The van der Waals surface area contributed by atoms with Crippen LogP contribution in [0.15, 0.2) is 57.5 Å². The van der Waals surface area contributed by atoms with E-state index in [0.29, 0.717) is 16.4 Å². The summed E-state index contributed by atoms with van der Waals surface area (Å²) in [5.74, 6) is -4.49. The summed E-state index contributed by atoms with van der Waals surface area (Å²) in [5, 5.41) is 9.52. The fourth-order valence-corrected chi connectivity index (χ4v) is 4.47. The van der Waals surface area contributed by atoms with Crippen LogP contribution < -0.4 is 11.1 Å². The van der Waals surface area contributed by atoms with Gasteiger partial charge < -0.3 is 20.5 Å². The second-order valence-corrected chi connectivity index (χ2v) is 10.5. The van der Waals surface area contributed by atoms with E-state index in [9.17, 15) is 37.1 Å². The molecule has 0 radical (unpaired) electrons. The van der Waals surface area contributed by atoms with Gasteiger partial charge in [-0.3, -0.25) is 14.4 Å². The Morgan fingerprint density at radius 2 is 1.30 bits per heavy atom. The van der Waals surface area contributed by atoms with Crippen LogP contribution in [0, 0.1) is 0 Å². The van der Waals surface area contributed by atoms with Crippen LogP contribution in [0.5, 0.6) is 0 Å². The third-order valence-corrected chi connectivity index (χ3v) is 6.64. The van der Waals surface area contributed by atoms with Crippen molar-refractivity contribution < 1.29 is 46.6 Å². The lowest BCUT2D eigenvalue weighted by molar-refractivity contribution is -0.167. The van der Waals surface area contributed by atoms with Gasteiger partial charge in [0, 0.05) is 8.95 Å².